The Hall–Kier alpha value is -2.81. The van der Waals surface area contributed by atoms with Crippen LogP contribution in [0.3, 0.4) is 0 Å². The minimum atomic E-state index is -0.505. The Kier molecular flexibility index (Phi) is 3.57. The fourth-order valence-electron chi connectivity index (χ4n) is 2.47. The summed E-state index contributed by atoms with van der Waals surface area (Å²) in [6, 6.07) is 5.88. The Morgan fingerprint density at radius 2 is 2.09 bits per heavy atom. The highest BCUT2D eigenvalue weighted by Crippen LogP contribution is 2.51. The molecule has 6 heteroatoms. The third-order valence-electron chi connectivity index (χ3n) is 4.06. The van der Waals surface area contributed by atoms with E-state index in [2.05, 4.69) is 15.3 Å². The molecule has 0 bridgehead atoms. The van der Waals surface area contributed by atoms with Crippen LogP contribution in [0.15, 0.2) is 30.6 Å². The molecule has 1 heterocycles. The minimum Gasteiger partial charge on any atom is -0.309 e. The summed E-state index contributed by atoms with van der Waals surface area (Å²) in [5.74, 6) is -0.201. The average Bonchev–Trinajstić information content (AvgIpc) is 3.16. The second kappa shape index (κ2) is 5.43. The molecule has 1 fully saturated rings. The van der Waals surface area contributed by atoms with Crippen molar-refractivity contribution in [2.24, 2.45) is 11.3 Å². The highest BCUT2D eigenvalue weighted by Gasteiger charge is 2.50. The zero-order valence-corrected chi connectivity index (χ0v) is 12.8. The molecule has 0 saturated heterocycles. The molecule has 5 nitrogen and oxygen atoms in total. The Labute approximate surface area is 133 Å². The first-order valence-corrected chi connectivity index (χ1v) is 7.23. The van der Waals surface area contributed by atoms with Crippen LogP contribution in [0.5, 0.6) is 0 Å². The molecule has 1 N–H and O–H groups in total. The fraction of sp³-hybridized carbons (Fsp3) is 0.294. The zero-order valence-electron chi connectivity index (χ0n) is 12.8. The second-order valence-corrected chi connectivity index (χ2v) is 6.36. The van der Waals surface area contributed by atoms with Crippen molar-refractivity contribution >= 4 is 11.7 Å². The van der Waals surface area contributed by atoms with Gasteiger partial charge in [0.1, 0.15) is 5.82 Å². The van der Waals surface area contributed by atoms with Gasteiger partial charge in [-0.25, -0.2) is 9.37 Å². The predicted octanol–water partition coefficient (Wildman–Crippen LogP) is 3.14. The largest absolute Gasteiger partial charge is 0.309 e. The summed E-state index contributed by atoms with van der Waals surface area (Å²) in [7, 11) is 0. The number of halogens is 1. The number of carbonyl (C=O) groups is 1. The first kappa shape index (κ1) is 15.1. The van der Waals surface area contributed by atoms with Gasteiger partial charge in [0.15, 0.2) is 5.82 Å². The van der Waals surface area contributed by atoms with Crippen LogP contribution >= 0.6 is 0 Å². The van der Waals surface area contributed by atoms with Gasteiger partial charge < -0.3 is 5.32 Å². The first-order valence-electron chi connectivity index (χ1n) is 7.23. The van der Waals surface area contributed by atoms with Gasteiger partial charge in [-0.1, -0.05) is 13.8 Å². The molecule has 1 atom stereocenters. The summed E-state index contributed by atoms with van der Waals surface area (Å²) < 4.78 is 13.5. The molecular weight excluding hydrogens is 295 g/mol. The minimum absolute atomic E-state index is 0.00498. The van der Waals surface area contributed by atoms with Crippen molar-refractivity contribution in [1.82, 2.24) is 9.97 Å². The van der Waals surface area contributed by atoms with Crippen LogP contribution in [0.1, 0.15) is 25.8 Å². The molecule has 3 rings (SSSR count). The number of hydrogen-bond acceptors (Lipinski definition) is 4. The number of hydrogen-bond donors (Lipinski definition) is 1. The van der Waals surface area contributed by atoms with E-state index in [1.807, 2.05) is 19.9 Å². The van der Waals surface area contributed by atoms with Crippen molar-refractivity contribution in [1.29, 1.82) is 5.26 Å². The highest BCUT2D eigenvalue weighted by atomic mass is 19.1. The van der Waals surface area contributed by atoms with Gasteiger partial charge in [0.25, 0.3) is 0 Å². The van der Waals surface area contributed by atoms with Crippen molar-refractivity contribution in [3.63, 3.8) is 0 Å². The lowest BCUT2D eigenvalue weighted by Gasteiger charge is -2.06. The van der Waals surface area contributed by atoms with Crippen molar-refractivity contribution in [3.8, 4) is 17.3 Å². The van der Waals surface area contributed by atoms with Crippen LogP contribution in [0, 0.1) is 28.5 Å². The number of carbonyl (C=O) groups excluding carboxylic acids is 1. The molecule has 1 aliphatic carbocycles. The monoisotopic (exact) mass is 310 g/mol. The maximum atomic E-state index is 13.5. The van der Waals surface area contributed by atoms with Crippen LogP contribution in [-0.2, 0) is 4.79 Å². The molecular formula is C17H15FN4O. The third kappa shape index (κ3) is 3.19. The molecule has 1 amide bonds. The summed E-state index contributed by atoms with van der Waals surface area (Å²) in [6.45, 7) is 4.09. The highest BCUT2D eigenvalue weighted by molar-refractivity contribution is 5.94. The van der Waals surface area contributed by atoms with Gasteiger partial charge in [0.05, 0.1) is 29.7 Å². The molecule has 1 saturated carbocycles. The van der Waals surface area contributed by atoms with Gasteiger partial charge in [0, 0.05) is 11.5 Å². The third-order valence-corrected chi connectivity index (χ3v) is 4.06. The number of aromatic nitrogens is 2. The van der Waals surface area contributed by atoms with Gasteiger partial charge in [-0.2, -0.15) is 5.26 Å². The fourth-order valence-corrected chi connectivity index (χ4v) is 2.47. The van der Waals surface area contributed by atoms with E-state index in [9.17, 15) is 9.18 Å². The van der Waals surface area contributed by atoms with E-state index in [-0.39, 0.29) is 22.8 Å². The maximum absolute atomic E-state index is 13.5. The van der Waals surface area contributed by atoms with Crippen molar-refractivity contribution < 1.29 is 9.18 Å². The quantitative estimate of drug-likeness (QED) is 0.944. The number of nitrogens with zero attached hydrogens (tertiary/aromatic N) is 3. The molecule has 1 aliphatic rings. The van der Waals surface area contributed by atoms with E-state index in [4.69, 9.17) is 5.26 Å². The summed E-state index contributed by atoms with van der Waals surface area (Å²) in [5.41, 5.74) is 1.17. The Morgan fingerprint density at radius 1 is 1.35 bits per heavy atom. The average molecular weight is 310 g/mol. The second-order valence-electron chi connectivity index (χ2n) is 6.36. The SMILES string of the molecule is CC1(C)CC1C(=O)Nc1cnc(-c2cc(F)cc(C#N)c2)cn1. The lowest BCUT2D eigenvalue weighted by Crippen LogP contribution is -2.17. The van der Waals surface area contributed by atoms with E-state index in [0.717, 1.165) is 12.5 Å². The van der Waals surface area contributed by atoms with Crippen molar-refractivity contribution in [2.75, 3.05) is 5.32 Å². The molecule has 0 spiro atoms. The van der Waals surface area contributed by atoms with Gasteiger partial charge in [0.2, 0.25) is 5.91 Å². The lowest BCUT2D eigenvalue weighted by molar-refractivity contribution is -0.118. The normalized spacial score (nSPS) is 18.1. The molecule has 1 aromatic carbocycles. The Bertz CT molecular complexity index is 808. The van der Waals surface area contributed by atoms with Crippen molar-refractivity contribution in [3.05, 3.63) is 42.0 Å². The van der Waals surface area contributed by atoms with Crippen LogP contribution in [0.25, 0.3) is 11.3 Å². The zero-order chi connectivity index (χ0) is 16.6. The number of benzene rings is 1. The summed E-state index contributed by atoms with van der Waals surface area (Å²) in [5, 5.41) is 11.6. The number of nitriles is 1. The van der Waals surface area contributed by atoms with E-state index in [0.29, 0.717) is 17.1 Å². The molecule has 0 radical (unpaired) electrons. The number of anilines is 1. The molecule has 23 heavy (non-hydrogen) atoms. The number of nitrogens with one attached hydrogen (secondary N) is 1. The summed E-state index contributed by atoms with van der Waals surface area (Å²) >= 11 is 0. The molecule has 1 unspecified atom stereocenters. The molecule has 0 aliphatic heterocycles. The van der Waals surface area contributed by atoms with Crippen LogP contribution < -0.4 is 5.32 Å². The van der Waals surface area contributed by atoms with Gasteiger partial charge >= 0.3 is 0 Å². The standard InChI is InChI=1S/C17H15FN4O/c1-17(2)6-13(17)16(23)22-15-9-20-14(8-21-15)11-3-10(7-19)4-12(18)5-11/h3-5,8-9,13H,6H2,1-2H3,(H,21,22,23). The van der Waals surface area contributed by atoms with Crippen molar-refractivity contribution in [2.45, 2.75) is 20.3 Å². The van der Waals surface area contributed by atoms with Gasteiger partial charge in [-0.15, -0.1) is 0 Å². The maximum Gasteiger partial charge on any atom is 0.229 e. The van der Waals surface area contributed by atoms with Gasteiger partial charge in [-0.05, 0) is 30.0 Å². The summed E-state index contributed by atoms with van der Waals surface area (Å²) in [6.07, 6.45) is 3.74. The first-order chi connectivity index (χ1) is 10.9. The van der Waals surface area contributed by atoms with Crippen LogP contribution in [0.2, 0.25) is 0 Å². The summed E-state index contributed by atoms with van der Waals surface area (Å²) in [4.78, 5) is 20.3. The molecule has 2 aromatic rings. The Balaban J connectivity index is 1.76. The lowest BCUT2D eigenvalue weighted by atomic mass is 10.1. The van der Waals surface area contributed by atoms with E-state index in [1.165, 1.54) is 24.5 Å². The van der Waals surface area contributed by atoms with E-state index >= 15 is 0 Å². The van der Waals surface area contributed by atoms with E-state index in [1.54, 1.807) is 0 Å². The van der Waals surface area contributed by atoms with E-state index < -0.39 is 5.82 Å². The van der Waals surface area contributed by atoms with Crippen LogP contribution in [-0.4, -0.2) is 15.9 Å². The molecule has 1 aromatic heterocycles. The molecule has 116 valence electrons. The topological polar surface area (TPSA) is 78.7 Å². The predicted molar refractivity (Wildman–Crippen MR) is 82.7 cm³/mol. The number of rotatable bonds is 3. The Morgan fingerprint density at radius 3 is 2.65 bits per heavy atom. The van der Waals surface area contributed by atoms with Crippen LogP contribution in [0.4, 0.5) is 10.2 Å². The van der Waals surface area contributed by atoms with Gasteiger partial charge in [-0.3, -0.25) is 9.78 Å². The smallest absolute Gasteiger partial charge is 0.229 e. The number of amides is 1.